The van der Waals surface area contributed by atoms with Crippen LogP contribution in [0, 0.1) is 5.92 Å². The second kappa shape index (κ2) is 8.05. The first kappa shape index (κ1) is 21.0. The number of aliphatic hydroxyl groups excluding tert-OH is 1. The summed E-state index contributed by atoms with van der Waals surface area (Å²) in [4.78, 5) is 8.78. The van der Waals surface area contributed by atoms with E-state index in [2.05, 4.69) is 45.1 Å². The molecule has 3 aliphatic rings. The van der Waals surface area contributed by atoms with Crippen LogP contribution in [0.2, 0.25) is 0 Å². The van der Waals surface area contributed by atoms with E-state index in [4.69, 9.17) is 9.47 Å². The van der Waals surface area contributed by atoms with Gasteiger partial charge in [-0.2, -0.15) is 0 Å². The molecule has 1 saturated carbocycles. The van der Waals surface area contributed by atoms with Crippen LogP contribution in [0.5, 0.6) is 11.5 Å². The van der Waals surface area contributed by atoms with Crippen molar-refractivity contribution in [1.29, 1.82) is 0 Å². The molecule has 1 saturated heterocycles. The monoisotopic (exact) mass is 447 g/mol. The lowest BCUT2D eigenvalue weighted by atomic mass is 9.68. The van der Waals surface area contributed by atoms with E-state index >= 15 is 0 Å². The number of nitrogens with zero attached hydrogens (tertiary/aromatic N) is 2. The molecule has 1 aliphatic carbocycles. The summed E-state index contributed by atoms with van der Waals surface area (Å²) in [7, 11) is 3.42. The molecule has 0 radical (unpaired) electrons. The third-order valence-corrected chi connectivity index (χ3v) is 7.80. The van der Waals surface area contributed by atoms with Crippen molar-refractivity contribution in [3.8, 4) is 11.5 Å². The van der Waals surface area contributed by atoms with E-state index in [1.165, 1.54) is 41.6 Å². The average Bonchev–Trinajstić information content (AvgIpc) is 3.55. The zero-order chi connectivity index (χ0) is 22.6. The summed E-state index contributed by atoms with van der Waals surface area (Å²) in [5, 5.41) is 11.8. The molecule has 0 bridgehead atoms. The molecule has 3 heterocycles. The number of hydrogen-bond acceptors (Lipinski definition) is 5. The Morgan fingerprint density at radius 3 is 2.55 bits per heavy atom. The van der Waals surface area contributed by atoms with E-state index in [0.717, 1.165) is 49.1 Å². The normalized spacial score (nSPS) is 22.3. The minimum absolute atomic E-state index is 0.0623. The Hall–Kier alpha value is -2.54. The number of nitrogens with one attached hydrogen (secondary N) is 1. The second-order valence-corrected chi connectivity index (χ2v) is 10.2. The van der Waals surface area contributed by atoms with Crippen LogP contribution in [0.25, 0.3) is 10.9 Å². The van der Waals surface area contributed by atoms with Crippen molar-refractivity contribution < 1.29 is 14.6 Å². The van der Waals surface area contributed by atoms with Crippen LogP contribution in [0.3, 0.4) is 0 Å². The summed E-state index contributed by atoms with van der Waals surface area (Å²) in [6.07, 6.45) is 2.77. The molecular weight excluding hydrogens is 414 g/mol. The van der Waals surface area contributed by atoms with Gasteiger partial charge in [-0.1, -0.05) is 12.1 Å². The molecule has 6 nitrogen and oxygen atoms in total. The molecule has 6 heteroatoms. The number of likely N-dealkylation sites (tertiary alicyclic amines) is 1. The Bertz CT molecular complexity index is 1160. The van der Waals surface area contributed by atoms with Crippen molar-refractivity contribution in [2.75, 3.05) is 47.0 Å². The van der Waals surface area contributed by atoms with E-state index in [9.17, 15) is 5.11 Å². The van der Waals surface area contributed by atoms with Gasteiger partial charge in [0.25, 0.3) is 0 Å². The van der Waals surface area contributed by atoms with Gasteiger partial charge < -0.3 is 24.5 Å². The van der Waals surface area contributed by atoms with E-state index < -0.39 is 0 Å². The van der Waals surface area contributed by atoms with Crippen molar-refractivity contribution in [3.05, 3.63) is 59.3 Å². The first-order chi connectivity index (χ1) is 16.1. The lowest BCUT2D eigenvalue weighted by molar-refractivity contribution is -0.00988. The Morgan fingerprint density at radius 2 is 1.82 bits per heavy atom. The summed E-state index contributed by atoms with van der Waals surface area (Å²) >= 11 is 0. The molecule has 0 amide bonds. The average molecular weight is 448 g/mol. The van der Waals surface area contributed by atoms with Crippen LogP contribution >= 0.6 is 0 Å². The van der Waals surface area contributed by atoms with Gasteiger partial charge in [0, 0.05) is 60.8 Å². The lowest BCUT2D eigenvalue weighted by Gasteiger charge is -2.56. The first-order valence-electron chi connectivity index (χ1n) is 12.0. The SMILES string of the molecule is COc1cccc(CN2CC3(CN(CC4CC4)C3)c3c([nH]c4cc(OC)ccc34)[C@@H]2CO)c1. The highest BCUT2D eigenvalue weighted by atomic mass is 16.5. The molecule has 174 valence electrons. The number of aromatic nitrogens is 1. The molecule has 3 aromatic rings. The summed E-state index contributed by atoms with van der Waals surface area (Å²) in [5.74, 6) is 2.63. The van der Waals surface area contributed by atoms with Gasteiger partial charge in [-0.05, 0) is 54.2 Å². The molecule has 2 aromatic carbocycles. The number of methoxy groups -OCH3 is 2. The van der Waals surface area contributed by atoms with Crippen molar-refractivity contribution in [3.63, 3.8) is 0 Å². The van der Waals surface area contributed by atoms with Crippen molar-refractivity contribution in [2.24, 2.45) is 5.92 Å². The minimum Gasteiger partial charge on any atom is -0.497 e. The number of ether oxygens (including phenoxy) is 2. The predicted molar refractivity (Wildman–Crippen MR) is 129 cm³/mol. The van der Waals surface area contributed by atoms with Crippen molar-refractivity contribution in [1.82, 2.24) is 14.8 Å². The number of rotatable bonds is 7. The van der Waals surface area contributed by atoms with Crippen molar-refractivity contribution in [2.45, 2.75) is 30.8 Å². The van der Waals surface area contributed by atoms with E-state index in [-0.39, 0.29) is 18.1 Å². The largest absolute Gasteiger partial charge is 0.497 e. The molecule has 33 heavy (non-hydrogen) atoms. The molecule has 1 atom stereocenters. The fraction of sp³-hybridized carbons (Fsp3) is 0.481. The standard InChI is InChI=1S/C27H33N3O3/c1-32-20-5-3-4-19(10-20)13-30-17-27(15-29(16-27)12-18-6-7-18)25-22-9-8-21(33-2)11-23(22)28-26(25)24(30)14-31/h3-5,8-11,18,24,28,31H,6-7,12-17H2,1-2H3/t24-/m0/s1. The van der Waals surface area contributed by atoms with Crippen LogP contribution < -0.4 is 9.47 Å². The van der Waals surface area contributed by atoms with E-state index in [0.29, 0.717) is 0 Å². The molecule has 6 rings (SSSR count). The van der Waals surface area contributed by atoms with Crippen LogP contribution in [-0.4, -0.2) is 66.9 Å². The van der Waals surface area contributed by atoms with Gasteiger partial charge in [-0.25, -0.2) is 0 Å². The van der Waals surface area contributed by atoms with Gasteiger partial charge in [-0.15, -0.1) is 0 Å². The molecule has 2 fully saturated rings. The number of aromatic amines is 1. The maximum atomic E-state index is 10.5. The van der Waals surface area contributed by atoms with E-state index in [1.54, 1.807) is 14.2 Å². The van der Waals surface area contributed by atoms with Gasteiger partial charge in [0.05, 0.1) is 26.9 Å². The summed E-state index contributed by atoms with van der Waals surface area (Å²) < 4.78 is 10.9. The zero-order valence-electron chi connectivity index (χ0n) is 19.5. The van der Waals surface area contributed by atoms with E-state index in [1.807, 2.05) is 12.1 Å². The number of aliphatic hydroxyl groups is 1. The van der Waals surface area contributed by atoms with Gasteiger partial charge in [-0.3, -0.25) is 4.90 Å². The molecule has 0 unspecified atom stereocenters. The second-order valence-electron chi connectivity index (χ2n) is 10.2. The third kappa shape index (κ3) is 3.61. The molecular formula is C27H33N3O3. The van der Waals surface area contributed by atoms with Crippen LogP contribution in [0.1, 0.15) is 35.7 Å². The lowest BCUT2D eigenvalue weighted by Crippen LogP contribution is -2.66. The molecule has 1 aromatic heterocycles. The highest BCUT2D eigenvalue weighted by Gasteiger charge is 2.53. The number of H-pyrrole nitrogens is 1. The molecule has 2 aliphatic heterocycles. The Morgan fingerprint density at radius 1 is 1.03 bits per heavy atom. The zero-order valence-corrected chi connectivity index (χ0v) is 19.5. The minimum atomic E-state index is -0.0623. The quantitative estimate of drug-likeness (QED) is 0.578. The fourth-order valence-electron chi connectivity index (χ4n) is 6.15. The van der Waals surface area contributed by atoms with Gasteiger partial charge in [0.1, 0.15) is 11.5 Å². The van der Waals surface area contributed by atoms with Crippen LogP contribution in [0.4, 0.5) is 0 Å². The Kier molecular flexibility index (Phi) is 5.13. The Balaban J connectivity index is 1.40. The highest BCUT2D eigenvalue weighted by Crippen LogP contribution is 2.49. The summed E-state index contributed by atoms with van der Waals surface area (Å²) in [6, 6.07) is 14.6. The maximum Gasteiger partial charge on any atom is 0.120 e. The predicted octanol–water partition coefficient (Wildman–Crippen LogP) is 3.70. The smallest absolute Gasteiger partial charge is 0.120 e. The Labute approximate surface area is 195 Å². The number of fused-ring (bicyclic) bond motifs is 4. The van der Waals surface area contributed by atoms with Crippen LogP contribution in [-0.2, 0) is 12.0 Å². The topological polar surface area (TPSA) is 61.0 Å². The fourth-order valence-corrected chi connectivity index (χ4v) is 6.15. The molecule has 1 spiro atoms. The van der Waals surface area contributed by atoms with Crippen LogP contribution in [0.15, 0.2) is 42.5 Å². The number of benzene rings is 2. The van der Waals surface area contributed by atoms with Crippen molar-refractivity contribution >= 4 is 10.9 Å². The van der Waals surface area contributed by atoms with Gasteiger partial charge in [0.2, 0.25) is 0 Å². The number of hydrogen-bond donors (Lipinski definition) is 2. The molecule has 2 N–H and O–H groups in total. The highest BCUT2D eigenvalue weighted by molar-refractivity contribution is 5.88. The first-order valence-corrected chi connectivity index (χ1v) is 12.0. The summed E-state index contributed by atoms with van der Waals surface area (Å²) in [6.45, 7) is 5.22. The van der Waals surface area contributed by atoms with Gasteiger partial charge >= 0.3 is 0 Å². The maximum absolute atomic E-state index is 10.5. The third-order valence-electron chi connectivity index (χ3n) is 7.80. The van der Waals surface area contributed by atoms with Gasteiger partial charge in [0.15, 0.2) is 0 Å². The summed E-state index contributed by atoms with van der Waals surface area (Å²) in [5.41, 5.74) is 4.97.